The van der Waals surface area contributed by atoms with E-state index in [1.165, 1.54) is 6.92 Å². The molecule has 9 heteroatoms. The summed E-state index contributed by atoms with van der Waals surface area (Å²) in [5.74, 6) is -2.29. The number of carbonyl (C=O) groups excluding carboxylic acids is 4. The number of hydrogen-bond donors (Lipinski definition) is 4. The van der Waals surface area contributed by atoms with Crippen molar-refractivity contribution in [2.75, 3.05) is 0 Å². The zero-order valence-corrected chi connectivity index (χ0v) is 17.7. The van der Waals surface area contributed by atoms with Gasteiger partial charge in [0.25, 0.3) is 11.8 Å². The first-order chi connectivity index (χ1) is 14.8. The van der Waals surface area contributed by atoms with Gasteiger partial charge in [-0.3, -0.25) is 19.2 Å². The molecule has 1 aromatic carbocycles. The van der Waals surface area contributed by atoms with Crippen molar-refractivity contribution in [1.82, 2.24) is 16.0 Å². The molecular weight excluding hydrogens is 400 g/mol. The summed E-state index contributed by atoms with van der Waals surface area (Å²) in [4.78, 5) is 49.3. The number of carbonyl (C=O) groups is 4. The van der Waals surface area contributed by atoms with Crippen LogP contribution in [-0.4, -0.2) is 41.5 Å². The third-order valence-electron chi connectivity index (χ3n) is 5.89. The zero-order chi connectivity index (χ0) is 22.4. The lowest BCUT2D eigenvalue weighted by molar-refractivity contribution is -0.165. The number of amides is 3. The van der Waals surface area contributed by atoms with Crippen LogP contribution in [0.2, 0.25) is 0 Å². The molecule has 168 valence electrons. The minimum absolute atomic E-state index is 0.145. The monoisotopic (exact) mass is 430 g/mol. The third kappa shape index (κ3) is 5.61. The van der Waals surface area contributed by atoms with Crippen molar-refractivity contribution >= 4 is 23.7 Å². The highest BCUT2D eigenvalue weighted by atomic mass is 16.6. The summed E-state index contributed by atoms with van der Waals surface area (Å²) in [7, 11) is 0. The highest BCUT2D eigenvalue weighted by Gasteiger charge is 2.49. The van der Waals surface area contributed by atoms with Crippen molar-refractivity contribution in [1.29, 1.82) is 0 Å². The van der Waals surface area contributed by atoms with Crippen molar-refractivity contribution in [2.24, 2.45) is 11.7 Å². The Bertz CT molecular complexity index is 824. The predicted octanol–water partition coefficient (Wildman–Crippen LogP) is 0.475. The first-order valence-corrected chi connectivity index (χ1v) is 10.7. The zero-order valence-electron chi connectivity index (χ0n) is 17.7. The number of nitrogens with two attached hydrogens (primary N) is 1. The summed E-state index contributed by atoms with van der Waals surface area (Å²) < 4.78 is 4.97. The van der Waals surface area contributed by atoms with Crippen LogP contribution >= 0.6 is 0 Å². The maximum atomic E-state index is 13.2. The Morgan fingerprint density at radius 2 is 1.81 bits per heavy atom. The summed E-state index contributed by atoms with van der Waals surface area (Å²) in [6, 6.07) is 8.24. The van der Waals surface area contributed by atoms with Gasteiger partial charge in [-0.2, -0.15) is 0 Å². The molecule has 1 aliphatic carbocycles. The van der Waals surface area contributed by atoms with E-state index in [-0.39, 0.29) is 18.9 Å². The minimum atomic E-state index is -1.84. The second-order valence-electron chi connectivity index (χ2n) is 8.34. The third-order valence-corrected chi connectivity index (χ3v) is 5.89. The fourth-order valence-corrected chi connectivity index (χ4v) is 4.11. The minimum Gasteiger partial charge on any atom is -0.439 e. The van der Waals surface area contributed by atoms with Gasteiger partial charge >= 0.3 is 5.97 Å². The standard InChI is InChI=1S/C22H30N4O5/c1-14(27)31-19-17(18(28)26-19)25-21(30)22(23,12-15-8-4-2-5-9-15)20(29)24-13-16-10-6-3-7-11-16/h3,6-7,10-11,15,17,19H,2,4-5,8-9,12-13,23H2,1H3,(H,24,29)(H,25,30)(H,26,28)/t17-,19+,22+/m1/s1. The molecule has 0 spiro atoms. The molecule has 2 aliphatic rings. The van der Waals surface area contributed by atoms with Crippen molar-refractivity contribution in [2.45, 2.75) is 69.8 Å². The van der Waals surface area contributed by atoms with Gasteiger partial charge in [0, 0.05) is 13.5 Å². The summed E-state index contributed by atoms with van der Waals surface area (Å²) in [5.41, 5.74) is 5.48. The lowest BCUT2D eigenvalue weighted by Gasteiger charge is -2.38. The topological polar surface area (TPSA) is 140 Å². The summed E-state index contributed by atoms with van der Waals surface area (Å²) in [5, 5.41) is 7.68. The molecule has 1 saturated heterocycles. The predicted molar refractivity (Wildman–Crippen MR) is 112 cm³/mol. The van der Waals surface area contributed by atoms with E-state index in [4.69, 9.17) is 10.5 Å². The van der Waals surface area contributed by atoms with Crippen LogP contribution in [0, 0.1) is 5.92 Å². The fraction of sp³-hybridized carbons (Fsp3) is 0.545. The van der Waals surface area contributed by atoms with E-state index in [0.29, 0.717) is 0 Å². The molecule has 9 nitrogen and oxygen atoms in total. The largest absolute Gasteiger partial charge is 0.439 e. The van der Waals surface area contributed by atoms with Crippen LogP contribution < -0.4 is 21.7 Å². The van der Waals surface area contributed by atoms with Gasteiger partial charge in [-0.1, -0.05) is 62.4 Å². The normalized spacial score (nSPS) is 23.0. The second kappa shape index (κ2) is 9.91. The van der Waals surface area contributed by atoms with Crippen LogP contribution in [-0.2, 0) is 30.5 Å². The number of ether oxygens (including phenoxy) is 1. The van der Waals surface area contributed by atoms with E-state index in [1.54, 1.807) is 0 Å². The Morgan fingerprint density at radius 3 is 2.42 bits per heavy atom. The number of hydrogen-bond acceptors (Lipinski definition) is 6. The van der Waals surface area contributed by atoms with Crippen LogP contribution in [0.5, 0.6) is 0 Å². The molecule has 3 atom stereocenters. The molecule has 1 heterocycles. The quantitative estimate of drug-likeness (QED) is 0.269. The van der Waals surface area contributed by atoms with E-state index in [2.05, 4.69) is 16.0 Å². The van der Waals surface area contributed by atoms with Crippen molar-refractivity contribution in [3.63, 3.8) is 0 Å². The van der Waals surface area contributed by atoms with E-state index >= 15 is 0 Å². The van der Waals surface area contributed by atoms with Gasteiger partial charge in [-0.15, -0.1) is 0 Å². The van der Waals surface area contributed by atoms with Crippen LogP contribution in [0.4, 0.5) is 0 Å². The average molecular weight is 431 g/mol. The van der Waals surface area contributed by atoms with Gasteiger partial charge in [-0.25, -0.2) is 0 Å². The highest BCUT2D eigenvalue weighted by Crippen LogP contribution is 2.30. The van der Waals surface area contributed by atoms with E-state index < -0.39 is 41.5 Å². The molecule has 0 unspecified atom stereocenters. The van der Waals surface area contributed by atoms with Crippen molar-refractivity contribution in [3.8, 4) is 0 Å². The Balaban J connectivity index is 1.72. The van der Waals surface area contributed by atoms with Gasteiger partial charge in [0.05, 0.1) is 0 Å². The highest BCUT2D eigenvalue weighted by molar-refractivity contribution is 6.10. The molecule has 1 saturated carbocycles. The molecular formula is C22H30N4O5. The van der Waals surface area contributed by atoms with Gasteiger partial charge in [0.1, 0.15) is 0 Å². The van der Waals surface area contributed by atoms with Gasteiger partial charge in [-0.05, 0) is 17.9 Å². The molecule has 0 aromatic heterocycles. The van der Waals surface area contributed by atoms with Crippen LogP contribution in [0.25, 0.3) is 0 Å². The van der Waals surface area contributed by atoms with E-state index in [0.717, 1.165) is 37.7 Å². The van der Waals surface area contributed by atoms with Crippen LogP contribution in [0.15, 0.2) is 30.3 Å². The summed E-state index contributed by atoms with van der Waals surface area (Å²) >= 11 is 0. The Labute approximate surface area is 181 Å². The molecule has 31 heavy (non-hydrogen) atoms. The van der Waals surface area contributed by atoms with Crippen molar-refractivity contribution < 1.29 is 23.9 Å². The fourth-order valence-electron chi connectivity index (χ4n) is 4.11. The number of benzene rings is 1. The summed E-state index contributed by atoms with van der Waals surface area (Å²) in [6.07, 6.45) is 4.22. The number of β-lactam (4-membered cyclic amide) rings is 1. The maximum Gasteiger partial charge on any atom is 0.304 e. The molecule has 2 fully saturated rings. The van der Waals surface area contributed by atoms with Crippen molar-refractivity contribution in [3.05, 3.63) is 35.9 Å². The summed E-state index contributed by atoms with van der Waals surface area (Å²) in [6.45, 7) is 1.44. The lowest BCUT2D eigenvalue weighted by atomic mass is 9.78. The molecule has 3 amide bonds. The molecule has 3 rings (SSSR count). The van der Waals surface area contributed by atoms with Crippen LogP contribution in [0.3, 0.4) is 0 Å². The smallest absolute Gasteiger partial charge is 0.304 e. The Hall–Kier alpha value is -2.94. The van der Waals surface area contributed by atoms with E-state index in [9.17, 15) is 19.2 Å². The Morgan fingerprint density at radius 1 is 1.13 bits per heavy atom. The van der Waals surface area contributed by atoms with Gasteiger partial charge in [0.15, 0.2) is 11.6 Å². The SMILES string of the molecule is CC(=O)O[C@@H]1NC(=O)[C@H]1NC(=O)[C@](N)(CC1CCCCC1)C(=O)NCc1ccccc1. The van der Waals surface area contributed by atoms with Gasteiger partial charge < -0.3 is 26.4 Å². The number of nitrogens with one attached hydrogen (secondary N) is 3. The molecule has 1 aliphatic heterocycles. The first-order valence-electron chi connectivity index (χ1n) is 10.7. The number of rotatable bonds is 8. The average Bonchev–Trinajstić information content (AvgIpc) is 2.76. The lowest BCUT2D eigenvalue weighted by Crippen LogP contribution is -2.74. The second-order valence-corrected chi connectivity index (χ2v) is 8.34. The molecule has 0 radical (unpaired) electrons. The van der Waals surface area contributed by atoms with Gasteiger partial charge in [0.2, 0.25) is 12.1 Å². The Kier molecular flexibility index (Phi) is 7.27. The van der Waals surface area contributed by atoms with Crippen LogP contribution in [0.1, 0.15) is 51.0 Å². The molecule has 0 bridgehead atoms. The molecule has 5 N–H and O–H groups in total. The number of esters is 1. The van der Waals surface area contributed by atoms with E-state index in [1.807, 2.05) is 30.3 Å². The maximum absolute atomic E-state index is 13.2. The molecule has 1 aromatic rings. The first kappa shape index (κ1) is 22.7.